The molecule has 2 N–H and O–H groups in total. The summed E-state index contributed by atoms with van der Waals surface area (Å²) in [6, 6.07) is 3.88. The molecule has 0 amide bonds. The van der Waals surface area contributed by atoms with Crippen LogP contribution in [0.1, 0.15) is 30.1 Å². The Balaban J connectivity index is 2.10. The molecule has 2 aromatic rings. The lowest BCUT2D eigenvalue weighted by Gasteiger charge is -2.18. The molecular weight excluding hydrogens is 202 g/mol. The fourth-order valence-corrected chi connectivity index (χ4v) is 2.20. The Morgan fingerprint density at radius 1 is 1.44 bits per heavy atom. The normalized spacial score (nSPS) is 19.4. The molecule has 0 aromatic carbocycles. The lowest BCUT2D eigenvalue weighted by Crippen LogP contribution is -2.18. The summed E-state index contributed by atoms with van der Waals surface area (Å²) in [5, 5.41) is 12.3. The van der Waals surface area contributed by atoms with Crippen molar-refractivity contribution in [1.82, 2.24) is 20.0 Å². The summed E-state index contributed by atoms with van der Waals surface area (Å²) in [6.45, 7) is 0. The molecule has 0 spiro atoms. The van der Waals surface area contributed by atoms with Crippen molar-refractivity contribution < 1.29 is 0 Å². The molecule has 1 aliphatic carbocycles. The third-order valence-electron chi connectivity index (χ3n) is 3.00. The molecule has 5 heteroatoms. The summed E-state index contributed by atoms with van der Waals surface area (Å²) in [6.07, 6.45) is 6.68. The quantitative estimate of drug-likeness (QED) is 0.770. The summed E-state index contributed by atoms with van der Waals surface area (Å²) in [5.41, 5.74) is 8.38. The van der Waals surface area contributed by atoms with E-state index in [-0.39, 0.29) is 6.04 Å². The van der Waals surface area contributed by atoms with Crippen molar-refractivity contribution in [3.8, 4) is 5.82 Å². The third-order valence-corrected chi connectivity index (χ3v) is 3.00. The van der Waals surface area contributed by atoms with Gasteiger partial charge in [-0.25, -0.2) is 4.68 Å². The second-order valence-corrected chi connectivity index (χ2v) is 4.04. The van der Waals surface area contributed by atoms with Crippen LogP contribution in [0, 0.1) is 0 Å². The molecule has 0 fully saturated rings. The Morgan fingerprint density at radius 3 is 3.19 bits per heavy atom. The average Bonchev–Trinajstić information content (AvgIpc) is 2.75. The minimum Gasteiger partial charge on any atom is -0.324 e. The van der Waals surface area contributed by atoms with E-state index in [1.54, 1.807) is 6.20 Å². The van der Waals surface area contributed by atoms with E-state index < -0.39 is 0 Å². The van der Waals surface area contributed by atoms with E-state index in [2.05, 4.69) is 15.3 Å². The number of hydrogen-bond acceptors (Lipinski definition) is 4. The minimum atomic E-state index is 0.120. The molecule has 0 aliphatic heterocycles. The maximum Gasteiger partial charge on any atom is 0.175 e. The SMILES string of the molecule is NC1CCCc2c1cnn2-c1cccnn1. The molecule has 2 aromatic heterocycles. The van der Waals surface area contributed by atoms with E-state index in [4.69, 9.17) is 5.73 Å². The zero-order valence-electron chi connectivity index (χ0n) is 8.87. The molecule has 0 bridgehead atoms. The summed E-state index contributed by atoms with van der Waals surface area (Å²) >= 11 is 0. The first-order valence-corrected chi connectivity index (χ1v) is 5.47. The lowest BCUT2D eigenvalue weighted by atomic mass is 9.94. The Kier molecular flexibility index (Phi) is 2.18. The first kappa shape index (κ1) is 9.47. The minimum absolute atomic E-state index is 0.120. The third kappa shape index (κ3) is 1.40. The van der Waals surface area contributed by atoms with E-state index in [0.29, 0.717) is 0 Å². The van der Waals surface area contributed by atoms with Gasteiger partial charge >= 0.3 is 0 Å². The zero-order chi connectivity index (χ0) is 11.0. The van der Waals surface area contributed by atoms with Gasteiger partial charge < -0.3 is 5.73 Å². The Morgan fingerprint density at radius 2 is 2.38 bits per heavy atom. The summed E-state index contributed by atoms with van der Waals surface area (Å²) in [5.74, 6) is 0.762. The number of rotatable bonds is 1. The molecule has 5 nitrogen and oxygen atoms in total. The van der Waals surface area contributed by atoms with Crippen LogP contribution in [0.3, 0.4) is 0 Å². The average molecular weight is 215 g/mol. The van der Waals surface area contributed by atoms with Gasteiger partial charge in [-0.2, -0.15) is 10.2 Å². The molecule has 16 heavy (non-hydrogen) atoms. The second kappa shape index (κ2) is 3.68. The van der Waals surface area contributed by atoms with Crippen LogP contribution >= 0.6 is 0 Å². The van der Waals surface area contributed by atoms with Crippen LogP contribution in [0.2, 0.25) is 0 Å². The predicted molar refractivity (Wildman–Crippen MR) is 59.0 cm³/mol. The van der Waals surface area contributed by atoms with Crippen molar-refractivity contribution in [2.24, 2.45) is 5.73 Å². The van der Waals surface area contributed by atoms with Gasteiger partial charge in [0.2, 0.25) is 0 Å². The highest BCUT2D eigenvalue weighted by Gasteiger charge is 2.22. The van der Waals surface area contributed by atoms with Crippen molar-refractivity contribution in [3.63, 3.8) is 0 Å². The Hall–Kier alpha value is -1.75. The van der Waals surface area contributed by atoms with Crippen molar-refractivity contribution in [1.29, 1.82) is 0 Å². The van der Waals surface area contributed by atoms with Gasteiger partial charge in [0.25, 0.3) is 0 Å². The number of fused-ring (bicyclic) bond motifs is 1. The molecular formula is C11H13N5. The largest absolute Gasteiger partial charge is 0.324 e. The summed E-state index contributed by atoms with van der Waals surface area (Å²) < 4.78 is 1.85. The van der Waals surface area contributed by atoms with Crippen molar-refractivity contribution >= 4 is 0 Å². The van der Waals surface area contributed by atoms with Gasteiger partial charge in [-0.3, -0.25) is 0 Å². The van der Waals surface area contributed by atoms with Gasteiger partial charge in [-0.1, -0.05) is 0 Å². The fraction of sp³-hybridized carbons (Fsp3) is 0.364. The monoisotopic (exact) mass is 215 g/mol. The number of nitrogens with zero attached hydrogens (tertiary/aromatic N) is 4. The van der Waals surface area contributed by atoms with Crippen LogP contribution in [0.15, 0.2) is 24.5 Å². The zero-order valence-corrected chi connectivity index (χ0v) is 8.87. The molecule has 0 saturated heterocycles. The standard InChI is InChI=1S/C11H13N5/c12-9-3-1-4-10-8(9)7-14-16(10)11-5-2-6-13-15-11/h2,5-7,9H,1,3-4,12H2. The molecule has 2 heterocycles. The van der Waals surface area contributed by atoms with E-state index >= 15 is 0 Å². The Labute approximate surface area is 93.3 Å². The fourth-order valence-electron chi connectivity index (χ4n) is 2.20. The van der Waals surface area contributed by atoms with Crippen LogP contribution in [-0.2, 0) is 6.42 Å². The van der Waals surface area contributed by atoms with Gasteiger partial charge in [-0.05, 0) is 31.4 Å². The highest BCUT2D eigenvalue weighted by atomic mass is 15.3. The molecule has 3 rings (SSSR count). The number of nitrogens with two attached hydrogens (primary N) is 1. The van der Waals surface area contributed by atoms with Gasteiger partial charge in [0.05, 0.1) is 11.9 Å². The van der Waals surface area contributed by atoms with Crippen LogP contribution in [0.5, 0.6) is 0 Å². The van der Waals surface area contributed by atoms with Crippen LogP contribution < -0.4 is 5.73 Å². The highest BCUT2D eigenvalue weighted by Crippen LogP contribution is 2.28. The van der Waals surface area contributed by atoms with E-state index in [1.165, 1.54) is 5.69 Å². The van der Waals surface area contributed by atoms with E-state index in [0.717, 1.165) is 30.6 Å². The number of aromatic nitrogens is 4. The van der Waals surface area contributed by atoms with Crippen LogP contribution in [-0.4, -0.2) is 20.0 Å². The van der Waals surface area contributed by atoms with Gasteiger partial charge in [0, 0.05) is 17.8 Å². The highest BCUT2D eigenvalue weighted by molar-refractivity contribution is 5.31. The summed E-state index contributed by atoms with van der Waals surface area (Å²) in [4.78, 5) is 0. The van der Waals surface area contributed by atoms with Gasteiger partial charge in [0.1, 0.15) is 0 Å². The van der Waals surface area contributed by atoms with Crippen LogP contribution in [0.25, 0.3) is 5.82 Å². The second-order valence-electron chi connectivity index (χ2n) is 4.04. The topological polar surface area (TPSA) is 69.6 Å². The first-order valence-electron chi connectivity index (χ1n) is 5.47. The van der Waals surface area contributed by atoms with Crippen molar-refractivity contribution in [3.05, 3.63) is 35.8 Å². The molecule has 1 atom stereocenters. The molecule has 82 valence electrons. The maximum absolute atomic E-state index is 6.05. The lowest BCUT2D eigenvalue weighted by molar-refractivity contribution is 0.556. The molecule has 0 radical (unpaired) electrons. The van der Waals surface area contributed by atoms with E-state index in [1.807, 2.05) is 23.0 Å². The predicted octanol–water partition coefficient (Wildman–Crippen LogP) is 0.998. The Bertz CT molecular complexity index is 490. The van der Waals surface area contributed by atoms with Gasteiger partial charge in [-0.15, -0.1) is 5.10 Å². The maximum atomic E-state index is 6.05. The molecule has 1 unspecified atom stereocenters. The molecule has 0 saturated carbocycles. The summed E-state index contributed by atoms with van der Waals surface area (Å²) in [7, 11) is 0. The van der Waals surface area contributed by atoms with Crippen molar-refractivity contribution in [2.45, 2.75) is 25.3 Å². The molecule has 1 aliphatic rings. The smallest absolute Gasteiger partial charge is 0.175 e. The first-order chi connectivity index (χ1) is 7.86. The van der Waals surface area contributed by atoms with Crippen molar-refractivity contribution in [2.75, 3.05) is 0 Å². The number of hydrogen-bond donors (Lipinski definition) is 1. The van der Waals surface area contributed by atoms with Crippen LogP contribution in [0.4, 0.5) is 0 Å². The van der Waals surface area contributed by atoms with Gasteiger partial charge in [0.15, 0.2) is 5.82 Å². The van der Waals surface area contributed by atoms with E-state index in [9.17, 15) is 0 Å².